The van der Waals surface area contributed by atoms with Crippen LogP contribution in [0.15, 0.2) is 0 Å². The summed E-state index contributed by atoms with van der Waals surface area (Å²) in [6.45, 7) is 0.796. The highest BCUT2D eigenvalue weighted by Crippen LogP contribution is 2.20. The van der Waals surface area contributed by atoms with E-state index in [2.05, 4.69) is 0 Å². The molecular formula is C9H14BF3N2O5. The number of aliphatic hydroxyl groups excluding tert-OH is 1. The number of hydrogen-bond acceptors (Lipinski definition) is 5. The fourth-order valence-electron chi connectivity index (χ4n) is 1.97. The summed E-state index contributed by atoms with van der Waals surface area (Å²) in [6.07, 6.45) is -6.23. The highest BCUT2D eigenvalue weighted by Gasteiger charge is 2.44. The van der Waals surface area contributed by atoms with Crippen molar-refractivity contribution in [3.8, 4) is 0 Å². The second kappa shape index (κ2) is 5.98. The third-order valence-corrected chi connectivity index (χ3v) is 2.92. The number of likely N-dealkylation sites (tertiary alicyclic amines) is 1. The lowest BCUT2D eigenvalue weighted by Crippen LogP contribution is -2.54. The quantitative estimate of drug-likeness (QED) is 0.452. The number of nitrogens with zero attached hydrogens (tertiary/aromatic N) is 1. The number of amides is 2. The lowest BCUT2D eigenvalue weighted by atomic mass is 9.77. The molecule has 0 aromatic rings. The van der Waals surface area contributed by atoms with Crippen LogP contribution < -0.4 is 5.32 Å². The lowest BCUT2D eigenvalue weighted by Gasteiger charge is -2.27. The molecule has 20 heavy (non-hydrogen) atoms. The predicted molar refractivity (Wildman–Crippen MR) is 60.0 cm³/mol. The van der Waals surface area contributed by atoms with Gasteiger partial charge in [-0.15, -0.1) is 0 Å². The summed E-state index contributed by atoms with van der Waals surface area (Å²) < 4.78 is 36.2. The van der Waals surface area contributed by atoms with Gasteiger partial charge in [0.15, 0.2) is 0 Å². The Morgan fingerprint density at radius 2 is 1.95 bits per heavy atom. The maximum Gasteiger partial charge on any atom is 0.475 e. The van der Waals surface area contributed by atoms with Crippen molar-refractivity contribution in [2.24, 2.45) is 0 Å². The van der Waals surface area contributed by atoms with Crippen LogP contribution in [0.2, 0.25) is 0 Å². The van der Waals surface area contributed by atoms with E-state index in [1.807, 2.05) is 0 Å². The monoisotopic (exact) mass is 298 g/mol. The Balaban J connectivity index is 2.71. The maximum absolute atomic E-state index is 12.1. The summed E-state index contributed by atoms with van der Waals surface area (Å²) >= 11 is 0. The first-order valence-electron chi connectivity index (χ1n) is 5.76. The van der Waals surface area contributed by atoms with Crippen LogP contribution in [0.3, 0.4) is 0 Å². The smallest absolute Gasteiger partial charge is 0.426 e. The largest absolute Gasteiger partial charge is 0.475 e. The van der Waals surface area contributed by atoms with E-state index in [-0.39, 0.29) is 13.0 Å². The third kappa shape index (κ3) is 3.84. The number of aliphatic hydroxyl groups is 1. The molecule has 114 valence electrons. The summed E-state index contributed by atoms with van der Waals surface area (Å²) in [5.74, 6) is -4.32. The fourth-order valence-corrected chi connectivity index (χ4v) is 1.97. The minimum atomic E-state index is -5.12. The van der Waals surface area contributed by atoms with E-state index < -0.39 is 43.2 Å². The molecule has 0 aromatic carbocycles. The molecule has 1 rings (SSSR count). The van der Waals surface area contributed by atoms with Crippen molar-refractivity contribution < 1.29 is 37.9 Å². The first kappa shape index (κ1) is 16.7. The number of nitrogens with one attached hydrogen (secondary N) is 1. The van der Waals surface area contributed by atoms with E-state index in [9.17, 15) is 27.9 Å². The fraction of sp³-hybridized carbons (Fsp3) is 0.778. The zero-order chi connectivity index (χ0) is 15.7. The number of halogens is 3. The average Bonchev–Trinajstić information content (AvgIpc) is 2.69. The van der Waals surface area contributed by atoms with E-state index in [1.165, 1.54) is 5.32 Å². The van der Waals surface area contributed by atoms with Gasteiger partial charge >= 0.3 is 19.2 Å². The first-order valence-corrected chi connectivity index (χ1v) is 5.76. The molecule has 7 nitrogen and oxygen atoms in total. The first-order chi connectivity index (χ1) is 9.04. The maximum atomic E-state index is 12.1. The van der Waals surface area contributed by atoms with Gasteiger partial charge in [-0.3, -0.25) is 9.59 Å². The molecular weight excluding hydrogens is 284 g/mol. The Bertz CT molecular complexity index is 392. The predicted octanol–water partition coefficient (Wildman–Crippen LogP) is -1.97. The molecule has 11 heteroatoms. The van der Waals surface area contributed by atoms with Crippen LogP contribution in [0, 0.1) is 0 Å². The summed E-state index contributed by atoms with van der Waals surface area (Å²) in [6, 6.07) is -1.50. The van der Waals surface area contributed by atoms with Crippen LogP contribution in [0.5, 0.6) is 0 Å². The molecule has 4 N–H and O–H groups in total. The Labute approximate surface area is 112 Å². The van der Waals surface area contributed by atoms with Crippen molar-refractivity contribution in [1.29, 1.82) is 0 Å². The second-order valence-electron chi connectivity index (χ2n) is 4.55. The third-order valence-electron chi connectivity index (χ3n) is 2.92. The van der Waals surface area contributed by atoms with Crippen LogP contribution >= 0.6 is 0 Å². The van der Waals surface area contributed by atoms with Gasteiger partial charge in [0.25, 0.3) is 0 Å². The van der Waals surface area contributed by atoms with Crippen molar-refractivity contribution in [3.05, 3.63) is 0 Å². The van der Waals surface area contributed by atoms with E-state index in [1.54, 1.807) is 0 Å². The van der Waals surface area contributed by atoms with Gasteiger partial charge in [0.2, 0.25) is 5.91 Å². The summed E-state index contributed by atoms with van der Waals surface area (Å²) in [5.41, 5.74) is 0. The van der Waals surface area contributed by atoms with Gasteiger partial charge < -0.3 is 25.4 Å². The number of carbonyl (C=O) groups excluding carboxylic acids is 2. The Kier molecular flexibility index (Phi) is 5.00. The minimum Gasteiger partial charge on any atom is -0.426 e. The van der Waals surface area contributed by atoms with Crippen molar-refractivity contribution in [2.75, 3.05) is 6.54 Å². The molecule has 2 amide bonds. The number of rotatable bonds is 3. The molecule has 1 saturated heterocycles. The molecule has 0 aromatic heterocycles. The molecule has 0 spiro atoms. The Hall–Kier alpha value is -1.33. The number of hydrogen-bond donors (Lipinski definition) is 4. The molecule has 1 aliphatic heterocycles. The van der Waals surface area contributed by atoms with Crippen molar-refractivity contribution in [1.82, 2.24) is 10.2 Å². The van der Waals surface area contributed by atoms with E-state index >= 15 is 0 Å². The highest BCUT2D eigenvalue weighted by atomic mass is 19.4. The van der Waals surface area contributed by atoms with Gasteiger partial charge in [-0.1, -0.05) is 0 Å². The lowest BCUT2D eigenvalue weighted by molar-refractivity contribution is -0.175. The van der Waals surface area contributed by atoms with Crippen LogP contribution in [-0.4, -0.2) is 69.8 Å². The normalized spacial score (nSPS) is 24.4. The van der Waals surface area contributed by atoms with Crippen LogP contribution in [-0.2, 0) is 9.59 Å². The van der Waals surface area contributed by atoms with Crippen LogP contribution in [0.1, 0.15) is 13.3 Å². The number of carbonyl (C=O) groups is 2. The Morgan fingerprint density at radius 1 is 1.40 bits per heavy atom. The molecule has 3 atom stereocenters. The van der Waals surface area contributed by atoms with E-state index in [0.29, 0.717) is 0 Å². The second-order valence-corrected chi connectivity index (χ2v) is 4.55. The molecule has 0 saturated carbocycles. The van der Waals surface area contributed by atoms with Gasteiger partial charge in [0.05, 0.1) is 12.0 Å². The standard InChI is InChI=1S/C9H14BF3N2O5/c1-4(14-8(18)9(11,12)13)7(17)15-3-5(16)2-6(15)10(19)20/h4-6,16,19-20H,2-3H2,1H3,(H,14,18)/t4-,5-,6-/m0/s1. The van der Waals surface area contributed by atoms with E-state index in [0.717, 1.165) is 11.8 Å². The summed E-state index contributed by atoms with van der Waals surface area (Å²) in [5, 5.41) is 29.0. The molecule has 1 fully saturated rings. The van der Waals surface area contributed by atoms with Gasteiger partial charge in [-0.25, -0.2) is 0 Å². The number of alkyl halides is 3. The van der Waals surface area contributed by atoms with E-state index in [4.69, 9.17) is 10.0 Å². The van der Waals surface area contributed by atoms with Gasteiger partial charge in [-0.2, -0.15) is 13.2 Å². The molecule has 1 aliphatic rings. The SMILES string of the molecule is C[C@H](NC(=O)C(F)(F)F)C(=O)N1C[C@@H](O)C[C@H]1B(O)O. The zero-order valence-electron chi connectivity index (χ0n) is 10.5. The van der Waals surface area contributed by atoms with Gasteiger partial charge in [-0.05, 0) is 13.3 Å². The molecule has 0 bridgehead atoms. The van der Waals surface area contributed by atoms with Crippen LogP contribution in [0.4, 0.5) is 13.2 Å². The van der Waals surface area contributed by atoms with Crippen molar-refractivity contribution in [3.63, 3.8) is 0 Å². The molecule has 0 unspecified atom stereocenters. The molecule has 0 aliphatic carbocycles. The van der Waals surface area contributed by atoms with Gasteiger partial charge in [0.1, 0.15) is 6.04 Å². The zero-order valence-corrected chi connectivity index (χ0v) is 10.5. The molecule has 0 radical (unpaired) electrons. The van der Waals surface area contributed by atoms with Crippen molar-refractivity contribution in [2.45, 2.75) is 37.6 Å². The van der Waals surface area contributed by atoms with Crippen molar-refractivity contribution >= 4 is 18.9 Å². The minimum absolute atomic E-state index is 0.108. The topological polar surface area (TPSA) is 110 Å². The molecule has 1 heterocycles. The highest BCUT2D eigenvalue weighted by molar-refractivity contribution is 6.43. The Morgan fingerprint density at radius 3 is 2.40 bits per heavy atom. The van der Waals surface area contributed by atoms with Gasteiger partial charge in [0, 0.05) is 6.54 Å². The number of β-amino-alcohol motifs (C(OH)–C–C–N with tert-alkyl or cyclic N) is 1. The van der Waals surface area contributed by atoms with Crippen LogP contribution in [0.25, 0.3) is 0 Å². The average molecular weight is 298 g/mol. The summed E-state index contributed by atoms with van der Waals surface area (Å²) in [4.78, 5) is 23.4. The summed E-state index contributed by atoms with van der Waals surface area (Å²) in [7, 11) is -1.93.